The van der Waals surface area contributed by atoms with Gasteiger partial charge in [-0.15, -0.1) is 0 Å². The SMILES string of the molecule is Cc1ncn(CC2CCN(c3nc4c(s3)COCC4)CC2)c(=O)c1C. The Morgan fingerprint density at radius 3 is 2.88 bits per heavy atom. The summed E-state index contributed by atoms with van der Waals surface area (Å²) in [4.78, 5) is 25.2. The van der Waals surface area contributed by atoms with Crippen molar-refractivity contribution in [3.05, 3.63) is 38.5 Å². The van der Waals surface area contributed by atoms with Crippen LogP contribution in [0.25, 0.3) is 0 Å². The molecule has 1 saturated heterocycles. The lowest BCUT2D eigenvalue weighted by molar-refractivity contribution is 0.112. The normalized spacial score (nSPS) is 18.4. The van der Waals surface area contributed by atoms with Gasteiger partial charge in [0, 0.05) is 37.3 Å². The van der Waals surface area contributed by atoms with E-state index in [1.165, 1.54) is 10.6 Å². The topological polar surface area (TPSA) is 60.3 Å². The van der Waals surface area contributed by atoms with E-state index in [0.717, 1.165) is 61.9 Å². The minimum Gasteiger partial charge on any atom is -0.375 e. The van der Waals surface area contributed by atoms with Gasteiger partial charge in [-0.05, 0) is 32.6 Å². The smallest absolute Gasteiger partial charge is 0.256 e. The van der Waals surface area contributed by atoms with Gasteiger partial charge in [0.1, 0.15) is 0 Å². The van der Waals surface area contributed by atoms with Crippen molar-refractivity contribution >= 4 is 16.5 Å². The third-order valence-corrected chi connectivity index (χ3v) is 6.47. The lowest BCUT2D eigenvalue weighted by Crippen LogP contribution is -2.36. The Kier molecular flexibility index (Phi) is 4.60. The first-order chi connectivity index (χ1) is 12.1. The van der Waals surface area contributed by atoms with Crippen molar-refractivity contribution in [2.24, 2.45) is 5.92 Å². The molecule has 2 aromatic rings. The van der Waals surface area contributed by atoms with Gasteiger partial charge in [-0.3, -0.25) is 9.36 Å². The fourth-order valence-electron chi connectivity index (χ4n) is 3.54. The number of nitrogens with zero attached hydrogens (tertiary/aromatic N) is 4. The summed E-state index contributed by atoms with van der Waals surface area (Å²) in [6, 6.07) is 0. The van der Waals surface area contributed by atoms with Gasteiger partial charge in [0.2, 0.25) is 0 Å². The molecule has 7 heteroatoms. The van der Waals surface area contributed by atoms with Crippen LogP contribution in [-0.2, 0) is 24.3 Å². The minimum atomic E-state index is 0.0996. The molecule has 1 fully saturated rings. The van der Waals surface area contributed by atoms with Crippen molar-refractivity contribution in [1.82, 2.24) is 14.5 Å². The number of hydrogen-bond donors (Lipinski definition) is 0. The third kappa shape index (κ3) is 3.35. The van der Waals surface area contributed by atoms with E-state index in [2.05, 4.69) is 9.88 Å². The maximum atomic E-state index is 12.4. The number of hydrogen-bond acceptors (Lipinski definition) is 6. The molecule has 4 rings (SSSR count). The van der Waals surface area contributed by atoms with Crippen molar-refractivity contribution in [2.45, 2.75) is 46.3 Å². The van der Waals surface area contributed by atoms with E-state index in [0.29, 0.717) is 12.5 Å². The lowest BCUT2D eigenvalue weighted by Gasteiger charge is -2.32. The van der Waals surface area contributed by atoms with Gasteiger partial charge in [-0.1, -0.05) is 11.3 Å². The summed E-state index contributed by atoms with van der Waals surface area (Å²) < 4.78 is 7.30. The fourth-order valence-corrected chi connectivity index (χ4v) is 4.63. The number of aryl methyl sites for hydroxylation is 1. The summed E-state index contributed by atoms with van der Waals surface area (Å²) >= 11 is 1.78. The number of piperidine rings is 1. The minimum absolute atomic E-state index is 0.0996. The van der Waals surface area contributed by atoms with Crippen molar-refractivity contribution in [3.63, 3.8) is 0 Å². The van der Waals surface area contributed by atoms with Crippen LogP contribution in [0.15, 0.2) is 11.1 Å². The Labute approximate surface area is 151 Å². The van der Waals surface area contributed by atoms with Crippen LogP contribution >= 0.6 is 11.3 Å². The zero-order valence-electron chi connectivity index (χ0n) is 14.8. The molecule has 2 aromatic heterocycles. The molecule has 134 valence electrons. The highest BCUT2D eigenvalue weighted by Crippen LogP contribution is 2.32. The number of fused-ring (bicyclic) bond motifs is 1. The fraction of sp³-hybridized carbons (Fsp3) is 0.611. The van der Waals surface area contributed by atoms with Crippen LogP contribution in [0.1, 0.15) is 34.7 Å². The Morgan fingerprint density at radius 2 is 2.12 bits per heavy atom. The van der Waals surface area contributed by atoms with Crippen LogP contribution in [0.2, 0.25) is 0 Å². The monoisotopic (exact) mass is 360 g/mol. The van der Waals surface area contributed by atoms with Crippen LogP contribution < -0.4 is 10.5 Å². The van der Waals surface area contributed by atoms with Gasteiger partial charge >= 0.3 is 0 Å². The van der Waals surface area contributed by atoms with E-state index in [1.807, 2.05) is 13.8 Å². The van der Waals surface area contributed by atoms with Gasteiger partial charge in [0.25, 0.3) is 5.56 Å². The second-order valence-corrected chi connectivity index (χ2v) is 8.07. The summed E-state index contributed by atoms with van der Waals surface area (Å²) in [6.45, 7) is 8.03. The van der Waals surface area contributed by atoms with Crippen LogP contribution in [-0.4, -0.2) is 34.2 Å². The van der Waals surface area contributed by atoms with E-state index >= 15 is 0 Å². The van der Waals surface area contributed by atoms with Crippen LogP contribution in [0, 0.1) is 19.8 Å². The van der Waals surface area contributed by atoms with Gasteiger partial charge in [0.05, 0.1) is 30.1 Å². The molecule has 0 aromatic carbocycles. The van der Waals surface area contributed by atoms with Gasteiger partial charge in [-0.2, -0.15) is 0 Å². The number of rotatable bonds is 3. The van der Waals surface area contributed by atoms with E-state index in [9.17, 15) is 4.79 Å². The van der Waals surface area contributed by atoms with Crippen molar-refractivity contribution in [2.75, 3.05) is 24.6 Å². The molecular formula is C18H24N4O2S. The van der Waals surface area contributed by atoms with Gasteiger partial charge < -0.3 is 9.64 Å². The van der Waals surface area contributed by atoms with Crippen molar-refractivity contribution in [1.29, 1.82) is 0 Å². The second-order valence-electron chi connectivity index (χ2n) is 7.01. The molecule has 0 saturated carbocycles. The zero-order chi connectivity index (χ0) is 17.4. The number of aromatic nitrogens is 3. The molecule has 25 heavy (non-hydrogen) atoms. The van der Waals surface area contributed by atoms with Crippen molar-refractivity contribution in [3.8, 4) is 0 Å². The Hall–Kier alpha value is -1.73. The summed E-state index contributed by atoms with van der Waals surface area (Å²) in [5, 5.41) is 1.14. The standard InChI is InChI=1S/C18H24N4O2S/c1-12-13(2)19-11-22(17(12)23)9-14-3-6-21(7-4-14)18-20-15-5-8-24-10-16(15)25-18/h11,14H,3-10H2,1-2H3. The highest BCUT2D eigenvalue weighted by atomic mass is 32.1. The molecular weight excluding hydrogens is 336 g/mol. The summed E-state index contributed by atoms with van der Waals surface area (Å²) in [5.41, 5.74) is 2.91. The Balaban J connectivity index is 1.39. The molecule has 0 N–H and O–H groups in total. The van der Waals surface area contributed by atoms with E-state index in [-0.39, 0.29) is 5.56 Å². The molecule has 0 unspecified atom stereocenters. The molecule has 0 atom stereocenters. The average Bonchev–Trinajstić information content (AvgIpc) is 3.07. The molecule has 2 aliphatic heterocycles. The maximum absolute atomic E-state index is 12.4. The highest BCUT2D eigenvalue weighted by Gasteiger charge is 2.24. The summed E-state index contributed by atoms with van der Waals surface area (Å²) in [5.74, 6) is 0.524. The average molecular weight is 360 g/mol. The van der Waals surface area contributed by atoms with Crippen molar-refractivity contribution < 1.29 is 4.74 Å². The predicted octanol–water partition coefficient (Wildman–Crippen LogP) is 2.31. The Bertz CT molecular complexity index is 797. The van der Waals surface area contributed by atoms with E-state index < -0.39 is 0 Å². The molecule has 6 nitrogen and oxygen atoms in total. The summed E-state index contributed by atoms with van der Waals surface area (Å²) in [7, 11) is 0. The lowest BCUT2D eigenvalue weighted by atomic mass is 9.97. The number of thiazole rings is 1. The first kappa shape index (κ1) is 16.7. The molecule has 0 amide bonds. The van der Waals surface area contributed by atoms with E-state index in [1.54, 1.807) is 22.2 Å². The van der Waals surface area contributed by atoms with E-state index in [4.69, 9.17) is 9.72 Å². The Morgan fingerprint density at radius 1 is 1.32 bits per heavy atom. The summed E-state index contributed by atoms with van der Waals surface area (Å²) in [6.07, 6.45) is 4.80. The van der Waals surface area contributed by atoms with Crippen LogP contribution in [0.5, 0.6) is 0 Å². The first-order valence-electron chi connectivity index (χ1n) is 8.95. The number of ether oxygens (including phenoxy) is 1. The number of anilines is 1. The van der Waals surface area contributed by atoms with Gasteiger partial charge in [-0.25, -0.2) is 9.97 Å². The molecule has 0 bridgehead atoms. The maximum Gasteiger partial charge on any atom is 0.256 e. The molecule has 0 radical (unpaired) electrons. The van der Waals surface area contributed by atoms with Crippen LogP contribution in [0.4, 0.5) is 5.13 Å². The molecule has 2 aliphatic rings. The molecule has 4 heterocycles. The zero-order valence-corrected chi connectivity index (χ0v) is 15.6. The second kappa shape index (κ2) is 6.88. The van der Waals surface area contributed by atoms with Gasteiger partial charge in [0.15, 0.2) is 5.13 Å². The quantitative estimate of drug-likeness (QED) is 0.841. The third-order valence-electron chi connectivity index (χ3n) is 5.34. The predicted molar refractivity (Wildman–Crippen MR) is 98.4 cm³/mol. The molecule has 0 aliphatic carbocycles. The highest BCUT2D eigenvalue weighted by molar-refractivity contribution is 7.15. The molecule has 0 spiro atoms. The first-order valence-corrected chi connectivity index (χ1v) is 9.77. The van der Waals surface area contributed by atoms with Crippen LogP contribution in [0.3, 0.4) is 0 Å². The largest absolute Gasteiger partial charge is 0.375 e.